The first-order chi connectivity index (χ1) is 10.3. The number of benzene rings is 2. The maximum Gasteiger partial charge on any atom is 3.00 e. The second-order valence-electron chi connectivity index (χ2n) is 5.93. The normalized spacial score (nSPS) is 13.9. The molecular formula is C22H23SiTi. The number of allylic oxidation sites excluding steroid dienone is 4. The Labute approximate surface area is 163 Å². The number of fused-ring (bicyclic) bond motifs is 3. The molecular weight excluding hydrogens is 340 g/mol. The van der Waals surface area contributed by atoms with Crippen LogP contribution in [0.5, 0.6) is 0 Å². The molecule has 0 aliphatic heterocycles. The molecule has 2 aromatic carbocycles. The minimum atomic E-state index is -0.429. The molecule has 0 atom stereocenters. The van der Waals surface area contributed by atoms with Crippen LogP contribution in [0, 0.1) is 20.9 Å². The molecule has 0 saturated heterocycles. The van der Waals surface area contributed by atoms with Gasteiger partial charge in [0, 0.05) is 5.92 Å². The van der Waals surface area contributed by atoms with Gasteiger partial charge in [0.25, 0.3) is 0 Å². The van der Waals surface area contributed by atoms with E-state index in [4.69, 9.17) is 0 Å². The van der Waals surface area contributed by atoms with Crippen LogP contribution in [0.1, 0.15) is 17.0 Å². The molecule has 2 aliphatic rings. The van der Waals surface area contributed by atoms with E-state index in [1.807, 2.05) is 0 Å². The molecule has 0 fully saturated rings. The summed E-state index contributed by atoms with van der Waals surface area (Å²) >= 11 is 0. The van der Waals surface area contributed by atoms with Crippen LogP contribution >= 0.6 is 0 Å². The average Bonchev–Trinajstić information content (AvgIpc) is 3.09. The van der Waals surface area contributed by atoms with Crippen molar-refractivity contribution in [2.45, 2.75) is 19.0 Å². The van der Waals surface area contributed by atoms with Crippen molar-refractivity contribution in [3.63, 3.8) is 0 Å². The van der Waals surface area contributed by atoms with E-state index in [9.17, 15) is 0 Å². The molecule has 119 valence electrons. The van der Waals surface area contributed by atoms with Crippen LogP contribution in [0.4, 0.5) is 0 Å². The largest absolute Gasteiger partial charge is 3.00 e. The summed E-state index contributed by atoms with van der Waals surface area (Å²) < 4.78 is 0. The smallest absolute Gasteiger partial charge is 0.358 e. The van der Waals surface area contributed by atoms with Crippen LogP contribution in [-0.2, 0) is 21.7 Å². The Morgan fingerprint density at radius 2 is 1.29 bits per heavy atom. The molecule has 0 bridgehead atoms. The first-order valence-corrected chi connectivity index (χ1v) is 9.93. The van der Waals surface area contributed by atoms with Gasteiger partial charge in [0.15, 0.2) is 0 Å². The number of hydrogen-bond acceptors (Lipinski definition) is 0. The average molecular weight is 363 g/mol. The molecule has 24 heavy (non-hydrogen) atoms. The first-order valence-electron chi connectivity index (χ1n) is 7.43. The Kier molecular flexibility index (Phi) is 7.10. The van der Waals surface area contributed by atoms with E-state index < -0.39 is 8.41 Å². The number of rotatable bonds is 1. The van der Waals surface area contributed by atoms with Crippen molar-refractivity contribution in [2.24, 2.45) is 0 Å². The second kappa shape index (κ2) is 8.20. The Morgan fingerprint density at radius 1 is 0.792 bits per heavy atom. The van der Waals surface area contributed by atoms with E-state index in [2.05, 4.69) is 79.9 Å². The van der Waals surface area contributed by atoms with Crippen molar-refractivity contribution in [2.75, 3.05) is 0 Å². The van der Waals surface area contributed by atoms with Crippen molar-refractivity contribution in [3.05, 3.63) is 98.3 Å². The minimum absolute atomic E-state index is 0. The standard InChI is InChI=1S/C20H17Si.2CH3.Ti/c1-21(2)15-12-11-14(13-15)20-18-9-5-3-7-16(18)17-8-4-6-10-19(17)20;;;/h3-12,20H,1-2H3;2*1H3;/q3*-1;+3. The van der Waals surface area contributed by atoms with Gasteiger partial charge in [-0.25, -0.2) is 12.2 Å². The fourth-order valence-electron chi connectivity index (χ4n) is 3.36. The predicted octanol–water partition coefficient (Wildman–Crippen LogP) is 5.50. The third-order valence-electron chi connectivity index (χ3n) is 4.39. The molecule has 2 aromatic rings. The van der Waals surface area contributed by atoms with Crippen molar-refractivity contribution in [3.8, 4) is 11.1 Å². The summed E-state index contributed by atoms with van der Waals surface area (Å²) in [6, 6.07) is 17.6. The Hall–Kier alpha value is -1.28. The molecule has 0 spiro atoms. The fraction of sp³-hybridized carbons (Fsp3) is 0.136. The Bertz CT molecular complexity index is 778. The minimum Gasteiger partial charge on any atom is -0.358 e. The molecule has 0 unspecified atom stereocenters. The third kappa shape index (κ3) is 3.26. The van der Waals surface area contributed by atoms with Crippen molar-refractivity contribution < 1.29 is 21.7 Å². The molecule has 0 aromatic heterocycles. The van der Waals surface area contributed by atoms with Gasteiger partial charge >= 0.3 is 21.7 Å². The molecule has 0 nitrogen and oxygen atoms in total. The van der Waals surface area contributed by atoms with Crippen molar-refractivity contribution >= 4 is 13.6 Å². The van der Waals surface area contributed by atoms with Crippen LogP contribution in [-0.4, -0.2) is 13.6 Å². The fourth-order valence-corrected chi connectivity index (χ4v) is 4.17. The van der Waals surface area contributed by atoms with Gasteiger partial charge in [-0.05, 0) is 30.7 Å². The summed E-state index contributed by atoms with van der Waals surface area (Å²) in [5, 5.41) is 1.41. The zero-order valence-electron chi connectivity index (χ0n) is 14.9. The monoisotopic (exact) mass is 363 g/mol. The van der Waals surface area contributed by atoms with Crippen LogP contribution in [0.25, 0.3) is 11.1 Å². The second-order valence-corrected chi connectivity index (χ2v) is 8.47. The predicted molar refractivity (Wildman–Crippen MR) is 105 cm³/mol. The Balaban J connectivity index is 0.000000960. The number of hydrogen-bond donors (Lipinski definition) is 0. The summed E-state index contributed by atoms with van der Waals surface area (Å²) in [6.07, 6.45) is 8.23. The van der Waals surface area contributed by atoms with E-state index in [1.165, 1.54) is 33.0 Å². The SMILES string of the molecule is C[Si](C)=C1[C-]=C(C2c3ccccc3-c3ccccc32)C=C1.[CH3-].[CH3-].[Ti+3]. The molecule has 2 heteroatoms. The Morgan fingerprint density at radius 3 is 1.75 bits per heavy atom. The van der Waals surface area contributed by atoms with Crippen LogP contribution in [0.3, 0.4) is 0 Å². The zero-order chi connectivity index (χ0) is 14.4. The van der Waals surface area contributed by atoms with Crippen molar-refractivity contribution in [1.29, 1.82) is 0 Å². The van der Waals surface area contributed by atoms with E-state index in [0.717, 1.165) is 0 Å². The third-order valence-corrected chi connectivity index (χ3v) is 5.76. The molecule has 0 N–H and O–H groups in total. The summed E-state index contributed by atoms with van der Waals surface area (Å²) in [4.78, 5) is 0. The maximum atomic E-state index is 3.68. The van der Waals surface area contributed by atoms with E-state index >= 15 is 0 Å². The molecule has 0 heterocycles. The van der Waals surface area contributed by atoms with Crippen LogP contribution in [0.15, 0.2) is 66.3 Å². The summed E-state index contributed by atoms with van der Waals surface area (Å²) in [5.74, 6) is 0.354. The zero-order valence-corrected chi connectivity index (χ0v) is 17.4. The summed E-state index contributed by atoms with van der Waals surface area (Å²) in [7, 11) is -0.429. The summed E-state index contributed by atoms with van der Waals surface area (Å²) in [6.45, 7) is 4.66. The quantitative estimate of drug-likeness (QED) is 0.463. The van der Waals surface area contributed by atoms with E-state index in [0.29, 0.717) is 5.92 Å². The molecule has 0 amide bonds. The molecule has 1 radical (unpaired) electrons. The van der Waals surface area contributed by atoms with E-state index in [1.54, 1.807) is 0 Å². The first kappa shape index (κ1) is 20.8. The van der Waals surface area contributed by atoms with Gasteiger partial charge < -0.3 is 14.9 Å². The topological polar surface area (TPSA) is 0 Å². The van der Waals surface area contributed by atoms with E-state index in [-0.39, 0.29) is 36.6 Å². The van der Waals surface area contributed by atoms with Gasteiger partial charge in [0.1, 0.15) is 0 Å². The van der Waals surface area contributed by atoms with Gasteiger partial charge in [0.05, 0.1) is 0 Å². The van der Waals surface area contributed by atoms with Gasteiger partial charge in [-0.2, -0.15) is 16.8 Å². The summed E-state index contributed by atoms with van der Waals surface area (Å²) in [5.41, 5.74) is 6.94. The molecule has 2 aliphatic carbocycles. The van der Waals surface area contributed by atoms with Gasteiger partial charge in [-0.1, -0.05) is 61.6 Å². The van der Waals surface area contributed by atoms with Gasteiger partial charge in [-0.3, -0.25) is 0 Å². The maximum absolute atomic E-state index is 3.68. The van der Waals surface area contributed by atoms with Crippen LogP contribution in [0.2, 0.25) is 13.1 Å². The molecule has 0 saturated carbocycles. The van der Waals surface area contributed by atoms with Crippen LogP contribution < -0.4 is 0 Å². The van der Waals surface area contributed by atoms with Gasteiger partial charge in [-0.15, -0.1) is 0 Å². The van der Waals surface area contributed by atoms with Gasteiger partial charge in [0.2, 0.25) is 0 Å². The van der Waals surface area contributed by atoms with Crippen molar-refractivity contribution in [1.82, 2.24) is 0 Å². The molecule has 4 rings (SSSR count).